The fourth-order valence-corrected chi connectivity index (χ4v) is 2.54. The molecule has 0 heterocycles. The molecule has 0 saturated heterocycles. The lowest BCUT2D eigenvalue weighted by molar-refractivity contribution is 0.0997. The zero-order valence-electron chi connectivity index (χ0n) is 10.7. The summed E-state index contributed by atoms with van der Waals surface area (Å²) in [5.74, 6) is -0.542. The number of primary amides is 1. The van der Waals surface area contributed by atoms with Gasteiger partial charge in [-0.1, -0.05) is 0 Å². The van der Waals surface area contributed by atoms with Crippen molar-refractivity contribution in [2.75, 3.05) is 13.7 Å². The predicted octanol–water partition coefficient (Wildman–Crippen LogP) is -0.580. The summed E-state index contributed by atoms with van der Waals surface area (Å²) in [7, 11) is -2.36. The quantitative estimate of drug-likeness (QED) is 0.645. The number of carbonyl (C=O) groups is 1. The van der Waals surface area contributed by atoms with Crippen molar-refractivity contribution in [3.8, 4) is 5.75 Å². The molecule has 1 amide bonds. The highest BCUT2D eigenvalue weighted by Gasteiger charge is 2.18. The normalized spacial score (nSPS) is 13.0. The molecule has 1 aromatic carbocycles. The van der Waals surface area contributed by atoms with Crippen LogP contribution in [0.3, 0.4) is 0 Å². The van der Waals surface area contributed by atoms with Crippen LogP contribution in [-0.4, -0.2) is 34.0 Å². The SMILES string of the molecule is COc1ccc(S(=O)(=O)NCC(C)N)cc1C(N)=O. The average Bonchev–Trinajstić information content (AvgIpc) is 2.35. The van der Waals surface area contributed by atoms with Crippen LogP contribution in [0.1, 0.15) is 17.3 Å². The molecule has 8 heteroatoms. The number of rotatable bonds is 6. The number of nitrogens with two attached hydrogens (primary N) is 2. The Morgan fingerprint density at radius 1 is 1.47 bits per heavy atom. The Labute approximate surface area is 112 Å². The Balaban J connectivity index is 3.14. The molecule has 0 spiro atoms. The lowest BCUT2D eigenvalue weighted by Gasteiger charge is -2.11. The van der Waals surface area contributed by atoms with Crippen LogP contribution in [0.2, 0.25) is 0 Å². The van der Waals surface area contributed by atoms with Crippen molar-refractivity contribution >= 4 is 15.9 Å². The third kappa shape index (κ3) is 3.91. The van der Waals surface area contributed by atoms with Gasteiger partial charge >= 0.3 is 0 Å². The van der Waals surface area contributed by atoms with Crippen LogP contribution in [0.15, 0.2) is 23.1 Å². The summed E-state index contributed by atoms with van der Waals surface area (Å²) in [6.45, 7) is 1.77. The molecule has 1 atom stereocenters. The molecular formula is C11H17N3O4S. The molecule has 5 N–H and O–H groups in total. The fourth-order valence-electron chi connectivity index (χ4n) is 1.37. The highest BCUT2D eigenvalue weighted by atomic mass is 32.2. The second-order valence-electron chi connectivity index (χ2n) is 4.06. The highest BCUT2D eigenvalue weighted by Crippen LogP contribution is 2.21. The average molecular weight is 287 g/mol. The first-order valence-electron chi connectivity index (χ1n) is 5.51. The molecule has 1 rings (SSSR count). The van der Waals surface area contributed by atoms with Gasteiger partial charge in [0.25, 0.3) is 5.91 Å². The molecule has 1 aromatic rings. The topological polar surface area (TPSA) is 125 Å². The van der Waals surface area contributed by atoms with Gasteiger partial charge in [-0.15, -0.1) is 0 Å². The van der Waals surface area contributed by atoms with Gasteiger partial charge in [0.05, 0.1) is 17.6 Å². The summed E-state index contributed by atoms with van der Waals surface area (Å²) in [5.41, 5.74) is 10.7. The van der Waals surface area contributed by atoms with Crippen LogP contribution >= 0.6 is 0 Å². The zero-order valence-corrected chi connectivity index (χ0v) is 11.5. The Morgan fingerprint density at radius 3 is 2.58 bits per heavy atom. The van der Waals surface area contributed by atoms with Gasteiger partial charge in [-0.25, -0.2) is 13.1 Å². The highest BCUT2D eigenvalue weighted by molar-refractivity contribution is 7.89. The molecule has 7 nitrogen and oxygen atoms in total. The van der Waals surface area contributed by atoms with Crippen LogP contribution in [0, 0.1) is 0 Å². The third-order valence-electron chi connectivity index (χ3n) is 2.34. The summed E-state index contributed by atoms with van der Waals surface area (Å²) in [5, 5.41) is 0. The largest absolute Gasteiger partial charge is 0.496 e. The number of hydrogen-bond acceptors (Lipinski definition) is 5. The predicted molar refractivity (Wildman–Crippen MR) is 70.3 cm³/mol. The molecule has 0 aromatic heterocycles. The fraction of sp³-hybridized carbons (Fsp3) is 0.364. The van der Waals surface area contributed by atoms with E-state index in [0.717, 1.165) is 0 Å². The summed E-state index contributed by atoms with van der Waals surface area (Å²) in [4.78, 5) is 11.2. The van der Waals surface area contributed by atoms with E-state index in [9.17, 15) is 13.2 Å². The molecule has 0 aliphatic heterocycles. The number of nitrogens with one attached hydrogen (secondary N) is 1. The lowest BCUT2D eigenvalue weighted by atomic mass is 10.2. The van der Waals surface area contributed by atoms with Gasteiger partial charge in [-0.05, 0) is 25.1 Å². The van der Waals surface area contributed by atoms with E-state index in [2.05, 4.69) is 4.72 Å². The molecule has 1 unspecified atom stereocenters. The van der Waals surface area contributed by atoms with E-state index in [1.165, 1.54) is 25.3 Å². The minimum atomic E-state index is -3.73. The van der Waals surface area contributed by atoms with Gasteiger partial charge in [-0.3, -0.25) is 4.79 Å². The van der Waals surface area contributed by atoms with E-state index in [1.54, 1.807) is 6.92 Å². The second kappa shape index (κ2) is 6.00. The van der Waals surface area contributed by atoms with Crippen LogP contribution in [0.4, 0.5) is 0 Å². The van der Waals surface area contributed by atoms with E-state index in [4.69, 9.17) is 16.2 Å². The maximum atomic E-state index is 12.0. The summed E-state index contributed by atoms with van der Waals surface area (Å²) < 4.78 is 31.2. The van der Waals surface area contributed by atoms with Gasteiger partial charge in [0.1, 0.15) is 5.75 Å². The summed E-state index contributed by atoms with van der Waals surface area (Å²) in [6, 6.07) is 3.56. The summed E-state index contributed by atoms with van der Waals surface area (Å²) >= 11 is 0. The Kier molecular flexibility index (Phi) is 4.87. The van der Waals surface area contributed by atoms with Crippen LogP contribution in [-0.2, 0) is 10.0 Å². The van der Waals surface area contributed by atoms with Crippen LogP contribution in [0.5, 0.6) is 5.75 Å². The van der Waals surface area contributed by atoms with Gasteiger partial charge in [0, 0.05) is 12.6 Å². The van der Waals surface area contributed by atoms with Crippen molar-refractivity contribution in [2.45, 2.75) is 17.9 Å². The first-order chi connectivity index (χ1) is 8.77. The monoisotopic (exact) mass is 287 g/mol. The van der Waals surface area contributed by atoms with Crippen molar-refractivity contribution in [2.24, 2.45) is 11.5 Å². The van der Waals surface area contributed by atoms with E-state index in [1.807, 2.05) is 0 Å². The molecule has 0 saturated carbocycles. The van der Waals surface area contributed by atoms with E-state index in [-0.39, 0.29) is 28.8 Å². The molecule has 106 valence electrons. The van der Waals surface area contributed by atoms with Crippen molar-refractivity contribution in [3.63, 3.8) is 0 Å². The number of carbonyl (C=O) groups excluding carboxylic acids is 1. The van der Waals surface area contributed by atoms with Gasteiger partial charge < -0.3 is 16.2 Å². The Bertz CT molecular complexity index is 569. The van der Waals surface area contributed by atoms with Gasteiger partial charge in [0.15, 0.2) is 0 Å². The lowest BCUT2D eigenvalue weighted by Crippen LogP contribution is -2.35. The van der Waals surface area contributed by atoms with E-state index < -0.39 is 15.9 Å². The molecule has 0 aliphatic carbocycles. The maximum Gasteiger partial charge on any atom is 0.252 e. The Hall–Kier alpha value is -1.64. The van der Waals surface area contributed by atoms with Crippen LogP contribution < -0.4 is 20.9 Å². The molecule has 0 fully saturated rings. The number of ether oxygens (including phenoxy) is 1. The first-order valence-corrected chi connectivity index (χ1v) is 6.99. The molecule has 19 heavy (non-hydrogen) atoms. The number of hydrogen-bond donors (Lipinski definition) is 3. The zero-order chi connectivity index (χ0) is 14.6. The van der Waals surface area contributed by atoms with Crippen LogP contribution in [0.25, 0.3) is 0 Å². The van der Waals surface area contributed by atoms with Crippen molar-refractivity contribution in [1.82, 2.24) is 4.72 Å². The number of sulfonamides is 1. The van der Waals surface area contributed by atoms with E-state index >= 15 is 0 Å². The minimum absolute atomic E-state index is 0.00571. The third-order valence-corrected chi connectivity index (χ3v) is 3.76. The minimum Gasteiger partial charge on any atom is -0.496 e. The Morgan fingerprint density at radius 2 is 2.11 bits per heavy atom. The molecule has 0 radical (unpaired) electrons. The van der Waals surface area contributed by atoms with Crippen molar-refractivity contribution in [1.29, 1.82) is 0 Å². The molecule has 0 bridgehead atoms. The number of amides is 1. The smallest absolute Gasteiger partial charge is 0.252 e. The van der Waals surface area contributed by atoms with Crippen molar-refractivity contribution < 1.29 is 17.9 Å². The molecular weight excluding hydrogens is 270 g/mol. The first kappa shape index (κ1) is 15.4. The number of methoxy groups -OCH3 is 1. The van der Waals surface area contributed by atoms with Crippen molar-refractivity contribution in [3.05, 3.63) is 23.8 Å². The molecule has 0 aliphatic rings. The number of benzene rings is 1. The van der Waals surface area contributed by atoms with Gasteiger partial charge in [0.2, 0.25) is 10.0 Å². The maximum absolute atomic E-state index is 12.0. The second-order valence-corrected chi connectivity index (χ2v) is 5.82. The van der Waals surface area contributed by atoms with E-state index in [0.29, 0.717) is 0 Å². The standard InChI is InChI=1S/C11H17N3O4S/c1-7(12)6-14-19(16,17)8-3-4-10(18-2)9(5-8)11(13)15/h3-5,7,14H,6,12H2,1-2H3,(H2,13,15). The van der Waals surface area contributed by atoms with Gasteiger partial charge in [-0.2, -0.15) is 0 Å². The summed E-state index contributed by atoms with van der Waals surface area (Å²) in [6.07, 6.45) is 0.